The van der Waals surface area contributed by atoms with E-state index >= 15 is 0 Å². The van der Waals surface area contributed by atoms with Crippen LogP contribution in [0.4, 0.5) is 11.5 Å². The maximum Gasteiger partial charge on any atom is 0.256 e. The molecular formula is C31H32N6O. The van der Waals surface area contributed by atoms with Gasteiger partial charge in [0.2, 0.25) is 0 Å². The molecule has 0 aliphatic carbocycles. The number of piperidine rings is 1. The molecule has 0 unspecified atom stereocenters. The summed E-state index contributed by atoms with van der Waals surface area (Å²) in [6.07, 6.45) is 2.26. The first kappa shape index (κ1) is 24.0. The number of aromatic nitrogens is 3. The lowest BCUT2D eigenvalue weighted by molar-refractivity contribution is 0.102. The minimum Gasteiger partial charge on any atom is -0.382 e. The molecule has 1 fully saturated rings. The summed E-state index contributed by atoms with van der Waals surface area (Å²) >= 11 is 0. The van der Waals surface area contributed by atoms with E-state index in [-0.39, 0.29) is 5.91 Å². The number of carbonyl (C=O) groups excluding carboxylic acids is 1. The highest BCUT2D eigenvalue weighted by molar-refractivity contribution is 6.04. The van der Waals surface area contributed by atoms with Crippen molar-refractivity contribution < 1.29 is 4.79 Å². The van der Waals surface area contributed by atoms with E-state index in [4.69, 9.17) is 0 Å². The number of fused-ring (bicyclic) bond motifs is 1. The first-order chi connectivity index (χ1) is 18.6. The average molecular weight is 505 g/mol. The molecule has 1 aliphatic heterocycles. The van der Waals surface area contributed by atoms with Crippen LogP contribution in [0.25, 0.3) is 22.3 Å². The van der Waals surface area contributed by atoms with Crippen LogP contribution in [0.1, 0.15) is 28.8 Å². The van der Waals surface area contributed by atoms with E-state index < -0.39 is 0 Å². The van der Waals surface area contributed by atoms with Gasteiger partial charge in [-0.3, -0.25) is 9.89 Å². The Morgan fingerprint density at radius 1 is 0.947 bits per heavy atom. The van der Waals surface area contributed by atoms with Crippen LogP contribution in [0.5, 0.6) is 0 Å². The highest BCUT2D eigenvalue weighted by Crippen LogP contribution is 2.29. The van der Waals surface area contributed by atoms with Crippen LogP contribution in [0.15, 0.2) is 91.0 Å². The van der Waals surface area contributed by atoms with Gasteiger partial charge in [0.05, 0.1) is 11.4 Å². The highest BCUT2D eigenvalue weighted by atomic mass is 16.1. The van der Waals surface area contributed by atoms with Crippen molar-refractivity contribution in [2.45, 2.75) is 25.4 Å². The molecule has 0 atom stereocenters. The Bertz CT molecular complexity index is 1530. The number of hydrogen-bond acceptors (Lipinski definition) is 4. The molecule has 3 aromatic carbocycles. The number of H-pyrrole nitrogens is 1. The number of nitrogens with one attached hydrogen (secondary N) is 3. The van der Waals surface area contributed by atoms with Gasteiger partial charge in [0.15, 0.2) is 5.82 Å². The van der Waals surface area contributed by atoms with Gasteiger partial charge in [-0.2, -0.15) is 5.10 Å². The molecule has 7 nitrogen and oxygen atoms in total. The lowest BCUT2D eigenvalue weighted by Gasteiger charge is -2.30. The second kappa shape index (κ2) is 10.6. The average Bonchev–Trinajstić information content (AvgIpc) is 3.55. The van der Waals surface area contributed by atoms with Crippen LogP contribution in [0.2, 0.25) is 0 Å². The fourth-order valence-electron chi connectivity index (χ4n) is 5.18. The van der Waals surface area contributed by atoms with E-state index in [0.29, 0.717) is 17.4 Å². The van der Waals surface area contributed by atoms with E-state index in [9.17, 15) is 4.79 Å². The van der Waals surface area contributed by atoms with Crippen LogP contribution in [0, 0.1) is 0 Å². The summed E-state index contributed by atoms with van der Waals surface area (Å²) in [5, 5.41) is 15.2. The summed E-state index contributed by atoms with van der Waals surface area (Å²) in [5.74, 6) is 0.314. The summed E-state index contributed by atoms with van der Waals surface area (Å²) in [4.78, 5) is 15.3. The molecule has 3 heterocycles. The zero-order valence-corrected chi connectivity index (χ0v) is 21.5. The van der Waals surface area contributed by atoms with Crippen molar-refractivity contribution in [3.8, 4) is 11.4 Å². The SMILES string of the molecule is CN1CCC(Nc2ccc(C(=O)Nc3cc(-c4cc5ccccc5n4Cc4ccccc4)[nH]n3)cc2)CC1. The molecule has 2 aromatic heterocycles. The van der Waals surface area contributed by atoms with Gasteiger partial charge in [-0.1, -0.05) is 48.5 Å². The number of amides is 1. The van der Waals surface area contributed by atoms with Crippen molar-refractivity contribution in [3.63, 3.8) is 0 Å². The van der Waals surface area contributed by atoms with Crippen molar-refractivity contribution in [2.75, 3.05) is 30.8 Å². The maximum atomic E-state index is 13.0. The summed E-state index contributed by atoms with van der Waals surface area (Å²) in [6, 6.07) is 31.0. The fourth-order valence-corrected chi connectivity index (χ4v) is 5.18. The Hall–Kier alpha value is -4.36. The number of para-hydroxylation sites is 1. The molecule has 5 aromatic rings. The summed E-state index contributed by atoms with van der Waals surface area (Å²) < 4.78 is 2.28. The third-order valence-electron chi connectivity index (χ3n) is 7.33. The molecule has 6 rings (SSSR count). The molecule has 38 heavy (non-hydrogen) atoms. The predicted octanol–water partition coefficient (Wildman–Crippen LogP) is 5.84. The van der Waals surface area contributed by atoms with Crippen LogP contribution < -0.4 is 10.6 Å². The number of benzene rings is 3. The molecule has 1 amide bonds. The van der Waals surface area contributed by atoms with Crippen LogP contribution >= 0.6 is 0 Å². The molecular weight excluding hydrogens is 472 g/mol. The van der Waals surface area contributed by atoms with Gasteiger partial charge in [0.25, 0.3) is 5.91 Å². The first-order valence-corrected chi connectivity index (χ1v) is 13.2. The molecule has 0 bridgehead atoms. The van der Waals surface area contributed by atoms with Crippen LogP contribution in [0.3, 0.4) is 0 Å². The highest BCUT2D eigenvalue weighted by Gasteiger charge is 2.17. The van der Waals surface area contributed by atoms with Crippen LogP contribution in [-0.4, -0.2) is 51.8 Å². The summed E-state index contributed by atoms with van der Waals surface area (Å²) in [6.45, 7) is 2.95. The van der Waals surface area contributed by atoms with E-state index in [1.807, 2.05) is 42.5 Å². The van der Waals surface area contributed by atoms with E-state index in [1.165, 1.54) is 5.56 Å². The number of hydrogen-bond donors (Lipinski definition) is 3. The van der Waals surface area contributed by atoms with E-state index in [2.05, 4.69) is 85.9 Å². The van der Waals surface area contributed by atoms with Gasteiger partial charge in [-0.05, 0) is 74.9 Å². The molecule has 0 saturated carbocycles. The van der Waals surface area contributed by atoms with Gasteiger partial charge in [-0.25, -0.2) is 0 Å². The van der Waals surface area contributed by atoms with Gasteiger partial charge >= 0.3 is 0 Å². The molecule has 192 valence electrons. The first-order valence-electron chi connectivity index (χ1n) is 13.2. The van der Waals surface area contributed by atoms with Crippen molar-refractivity contribution >= 4 is 28.3 Å². The topological polar surface area (TPSA) is 78.0 Å². The lowest BCUT2D eigenvalue weighted by atomic mass is 10.0. The monoisotopic (exact) mass is 504 g/mol. The fraction of sp³-hybridized carbons (Fsp3) is 0.226. The molecule has 3 N–H and O–H groups in total. The Balaban J connectivity index is 1.17. The summed E-state index contributed by atoms with van der Waals surface area (Å²) in [5.41, 5.74) is 5.89. The third kappa shape index (κ3) is 5.19. The zero-order valence-electron chi connectivity index (χ0n) is 21.5. The number of rotatable bonds is 7. The summed E-state index contributed by atoms with van der Waals surface area (Å²) in [7, 11) is 2.16. The number of anilines is 2. The van der Waals surface area contributed by atoms with Crippen molar-refractivity contribution in [1.29, 1.82) is 0 Å². The van der Waals surface area contributed by atoms with Gasteiger partial charge in [0, 0.05) is 40.8 Å². The minimum absolute atomic E-state index is 0.182. The quantitative estimate of drug-likeness (QED) is 0.260. The molecule has 0 spiro atoms. The largest absolute Gasteiger partial charge is 0.382 e. The molecule has 1 aliphatic rings. The molecule has 0 radical (unpaired) electrons. The Kier molecular flexibility index (Phi) is 6.67. The molecule has 1 saturated heterocycles. The molecule has 7 heteroatoms. The normalized spacial score (nSPS) is 14.6. The van der Waals surface area contributed by atoms with Gasteiger partial charge in [-0.15, -0.1) is 0 Å². The number of likely N-dealkylation sites (tertiary alicyclic amines) is 1. The van der Waals surface area contributed by atoms with Gasteiger partial charge < -0.3 is 20.1 Å². The second-order valence-corrected chi connectivity index (χ2v) is 10.1. The standard InChI is InChI=1S/C31H32N6O/c1-36-17-15-26(16-18-36)32-25-13-11-23(12-14-25)31(38)33-30-20-27(34-35-30)29-19-24-9-5-6-10-28(24)37(29)21-22-7-3-2-4-8-22/h2-14,19-20,26,32H,15-18,21H2,1H3,(H2,33,34,35,38). The number of nitrogens with zero attached hydrogens (tertiary/aromatic N) is 3. The number of carbonyl (C=O) groups is 1. The van der Waals surface area contributed by atoms with Crippen molar-refractivity contribution in [1.82, 2.24) is 19.7 Å². The van der Waals surface area contributed by atoms with Crippen molar-refractivity contribution in [2.24, 2.45) is 0 Å². The second-order valence-electron chi connectivity index (χ2n) is 10.1. The zero-order chi connectivity index (χ0) is 25.9. The smallest absolute Gasteiger partial charge is 0.256 e. The third-order valence-corrected chi connectivity index (χ3v) is 7.33. The van der Waals surface area contributed by atoms with Gasteiger partial charge in [0.1, 0.15) is 0 Å². The lowest BCUT2D eigenvalue weighted by Crippen LogP contribution is -2.36. The Morgan fingerprint density at radius 2 is 1.68 bits per heavy atom. The predicted molar refractivity (Wildman–Crippen MR) is 154 cm³/mol. The Labute approximate surface area is 222 Å². The minimum atomic E-state index is -0.182. The van der Waals surface area contributed by atoms with Crippen LogP contribution in [-0.2, 0) is 6.54 Å². The number of aromatic amines is 1. The van der Waals surface area contributed by atoms with Crippen molar-refractivity contribution in [3.05, 3.63) is 102 Å². The maximum absolute atomic E-state index is 13.0. The van der Waals surface area contributed by atoms with E-state index in [0.717, 1.165) is 60.5 Å². The Morgan fingerprint density at radius 3 is 2.47 bits per heavy atom. The van der Waals surface area contributed by atoms with E-state index in [1.54, 1.807) is 0 Å².